The molecule has 2 rings (SSSR count). The van der Waals surface area contributed by atoms with Gasteiger partial charge < -0.3 is 10.1 Å². The van der Waals surface area contributed by atoms with E-state index in [1.807, 2.05) is 12.1 Å². The summed E-state index contributed by atoms with van der Waals surface area (Å²) >= 11 is 0. The van der Waals surface area contributed by atoms with E-state index >= 15 is 0 Å². The van der Waals surface area contributed by atoms with Gasteiger partial charge in [0, 0.05) is 12.6 Å². The van der Waals surface area contributed by atoms with Crippen molar-refractivity contribution in [1.29, 1.82) is 0 Å². The van der Waals surface area contributed by atoms with Crippen LogP contribution >= 0.6 is 0 Å². The monoisotopic (exact) mass is 297 g/mol. The standard InChI is InChI=1S/C15H23NO3S/c1-4-20(17,18)14-8-6-5-7-13(14)16-12-9-10-19-15(2,3)11-12/h5-8,12,16H,4,9-11H2,1-3H3. The zero-order valence-corrected chi connectivity index (χ0v) is 13.2. The van der Waals surface area contributed by atoms with Gasteiger partial charge in [0.05, 0.1) is 21.9 Å². The van der Waals surface area contributed by atoms with Gasteiger partial charge in [-0.2, -0.15) is 0 Å². The molecule has 1 aromatic carbocycles. The van der Waals surface area contributed by atoms with Crippen molar-refractivity contribution in [3.05, 3.63) is 24.3 Å². The Hall–Kier alpha value is -1.07. The first-order chi connectivity index (χ1) is 9.34. The van der Waals surface area contributed by atoms with Crippen LogP contribution in [0.5, 0.6) is 0 Å². The summed E-state index contributed by atoms with van der Waals surface area (Å²) in [6.07, 6.45) is 1.76. The van der Waals surface area contributed by atoms with E-state index < -0.39 is 9.84 Å². The summed E-state index contributed by atoms with van der Waals surface area (Å²) in [6, 6.07) is 7.38. The molecule has 112 valence electrons. The molecule has 0 aliphatic carbocycles. The highest BCUT2D eigenvalue weighted by Gasteiger charge is 2.29. The van der Waals surface area contributed by atoms with Crippen LogP contribution < -0.4 is 5.32 Å². The van der Waals surface area contributed by atoms with Crippen LogP contribution in [0, 0.1) is 0 Å². The number of nitrogens with one attached hydrogen (secondary N) is 1. The van der Waals surface area contributed by atoms with Gasteiger partial charge in [-0.3, -0.25) is 0 Å². The minimum Gasteiger partial charge on any atom is -0.381 e. The van der Waals surface area contributed by atoms with E-state index in [1.165, 1.54) is 0 Å². The van der Waals surface area contributed by atoms with Crippen molar-refractivity contribution in [3.63, 3.8) is 0 Å². The average Bonchev–Trinajstić information content (AvgIpc) is 2.38. The van der Waals surface area contributed by atoms with Gasteiger partial charge in [-0.05, 0) is 38.8 Å². The van der Waals surface area contributed by atoms with Crippen molar-refractivity contribution in [2.24, 2.45) is 0 Å². The van der Waals surface area contributed by atoms with Gasteiger partial charge in [0.2, 0.25) is 0 Å². The molecule has 1 aliphatic rings. The van der Waals surface area contributed by atoms with E-state index in [0.717, 1.165) is 12.8 Å². The summed E-state index contributed by atoms with van der Waals surface area (Å²) in [7, 11) is -3.20. The largest absolute Gasteiger partial charge is 0.381 e. The zero-order chi connectivity index (χ0) is 14.8. The minimum atomic E-state index is -3.20. The van der Waals surface area contributed by atoms with Gasteiger partial charge >= 0.3 is 0 Å². The third kappa shape index (κ3) is 3.52. The summed E-state index contributed by atoms with van der Waals surface area (Å²) in [5.41, 5.74) is 0.547. The van der Waals surface area contributed by atoms with Crippen molar-refractivity contribution in [1.82, 2.24) is 0 Å². The quantitative estimate of drug-likeness (QED) is 0.928. The van der Waals surface area contributed by atoms with Crippen LogP contribution in [0.4, 0.5) is 5.69 Å². The maximum absolute atomic E-state index is 12.1. The molecule has 20 heavy (non-hydrogen) atoms. The Balaban J connectivity index is 2.22. The molecule has 0 spiro atoms. The molecule has 0 radical (unpaired) electrons. The van der Waals surface area contributed by atoms with E-state index in [-0.39, 0.29) is 17.4 Å². The Morgan fingerprint density at radius 3 is 2.70 bits per heavy atom. The highest BCUT2D eigenvalue weighted by Crippen LogP contribution is 2.29. The Morgan fingerprint density at radius 2 is 2.05 bits per heavy atom. The molecule has 5 heteroatoms. The molecule has 1 saturated heterocycles. The molecule has 0 saturated carbocycles. The SMILES string of the molecule is CCS(=O)(=O)c1ccccc1NC1CCOC(C)(C)C1. The second-order valence-corrected chi connectivity index (χ2v) is 8.09. The lowest BCUT2D eigenvalue weighted by molar-refractivity contribution is -0.0553. The van der Waals surface area contributed by atoms with E-state index in [9.17, 15) is 8.42 Å². The predicted molar refractivity (Wildman–Crippen MR) is 80.8 cm³/mol. The van der Waals surface area contributed by atoms with E-state index in [0.29, 0.717) is 17.2 Å². The molecular weight excluding hydrogens is 274 g/mol. The summed E-state index contributed by atoms with van der Waals surface area (Å²) in [4.78, 5) is 0.395. The number of hydrogen-bond acceptors (Lipinski definition) is 4. The number of hydrogen-bond donors (Lipinski definition) is 1. The first kappa shape index (κ1) is 15.3. The molecule has 1 N–H and O–H groups in total. The van der Waals surface area contributed by atoms with E-state index in [2.05, 4.69) is 19.2 Å². The summed E-state index contributed by atoms with van der Waals surface area (Å²) in [5.74, 6) is 0.116. The van der Waals surface area contributed by atoms with E-state index in [4.69, 9.17) is 4.74 Å². The molecule has 1 aromatic rings. The second-order valence-electron chi connectivity index (χ2n) is 5.84. The van der Waals surface area contributed by atoms with Crippen LogP contribution in [-0.2, 0) is 14.6 Å². The molecule has 1 heterocycles. The average molecular weight is 297 g/mol. The number of rotatable bonds is 4. The topological polar surface area (TPSA) is 55.4 Å². The van der Waals surface area contributed by atoms with Crippen LogP contribution in [0.25, 0.3) is 0 Å². The summed E-state index contributed by atoms with van der Waals surface area (Å²) in [5, 5.41) is 3.39. The fourth-order valence-electron chi connectivity index (χ4n) is 2.59. The van der Waals surface area contributed by atoms with Gasteiger partial charge in [0.25, 0.3) is 0 Å². The van der Waals surface area contributed by atoms with Gasteiger partial charge in [-0.1, -0.05) is 19.1 Å². The number of para-hydroxylation sites is 1. The predicted octanol–water partition coefficient (Wildman–Crippen LogP) is 2.85. The normalized spacial score (nSPS) is 22.4. The maximum atomic E-state index is 12.1. The summed E-state index contributed by atoms with van der Waals surface area (Å²) < 4.78 is 29.9. The van der Waals surface area contributed by atoms with Crippen LogP contribution in [0.1, 0.15) is 33.6 Å². The Kier molecular flexibility index (Phi) is 4.39. The Labute approximate surface area is 121 Å². The third-order valence-electron chi connectivity index (χ3n) is 3.66. The van der Waals surface area contributed by atoms with Crippen molar-refractivity contribution in [3.8, 4) is 0 Å². The minimum absolute atomic E-state index is 0.116. The van der Waals surface area contributed by atoms with Gasteiger partial charge in [0.1, 0.15) is 0 Å². The van der Waals surface area contributed by atoms with Crippen LogP contribution in [0.2, 0.25) is 0 Å². The highest BCUT2D eigenvalue weighted by molar-refractivity contribution is 7.91. The molecule has 4 nitrogen and oxygen atoms in total. The smallest absolute Gasteiger partial charge is 0.180 e. The molecule has 0 aromatic heterocycles. The molecular formula is C15H23NO3S. The Bertz CT molecular complexity index is 566. The van der Waals surface area contributed by atoms with Crippen LogP contribution in [0.3, 0.4) is 0 Å². The lowest BCUT2D eigenvalue weighted by atomic mass is 9.94. The molecule has 0 amide bonds. The Morgan fingerprint density at radius 1 is 1.35 bits per heavy atom. The van der Waals surface area contributed by atoms with E-state index in [1.54, 1.807) is 19.1 Å². The highest BCUT2D eigenvalue weighted by atomic mass is 32.2. The number of sulfone groups is 1. The number of anilines is 1. The number of ether oxygens (including phenoxy) is 1. The maximum Gasteiger partial charge on any atom is 0.180 e. The summed E-state index contributed by atoms with van der Waals surface area (Å²) in [6.45, 7) is 6.50. The van der Waals surface area contributed by atoms with Gasteiger partial charge in [0.15, 0.2) is 9.84 Å². The molecule has 1 fully saturated rings. The van der Waals surface area contributed by atoms with Crippen molar-refractivity contribution in [2.75, 3.05) is 17.7 Å². The molecule has 1 aliphatic heterocycles. The first-order valence-corrected chi connectivity index (χ1v) is 8.71. The zero-order valence-electron chi connectivity index (χ0n) is 12.3. The lowest BCUT2D eigenvalue weighted by Crippen LogP contribution is -2.40. The molecule has 1 unspecified atom stereocenters. The second kappa shape index (κ2) is 5.74. The molecule has 0 bridgehead atoms. The van der Waals surface area contributed by atoms with Crippen LogP contribution in [-0.4, -0.2) is 32.4 Å². The fraction of sp³-hybridized carbons (Fsp3) is 0.600. The lowest BCUT2D eigenvalue weighted by Gasteiger charge is -2.36. The van der Waals surface area contributed by atoms with Crippen molar-refractivity contribution >= 4 is 15.5 Å². The third-order valence-corrected chi connectivity index (χ3v) is 5.45. The molecule has 1 atom stereocenters. The first-order valence-electron chi connectivity index (χ1n) is 7.06. The van der Waals surface area contributed by atoms with Crippen LogP contribution in [0.15, 0.2) is 29.2 Å². The fourth-order valence-corrected chi connectivity index (χ4v) is 3.65. The van der Waals surface area contributed by atoms with Crippen molar-refractivity contribution in [2.45, 2.75) is 50.2 Å². The van der Waals surface area contributed by atoms with Gasteiger partial charge in [-0.25, -0.2) is 8.42 Å². The number of benzene rings is 1. The van der Waals surface area contributed by atoms with Gasteiger partial charge in [-0.15, -0.1) is 0 Å². The van der Waals surface area contributed by atoms with Crippen molar-refractivity contribution < 1.29 is 13.2 Å².